The number of anilines is 1. The van der Waals surface area contributed by atoms with Gasteiger partial charge in [-0.3, -0.25) is 14.9 Å². The van der Waals surface area contributed by atoms with E-state index in [9.17, 15) is 14.9 Å². The number of non-ortho nitro benzene ring substituents is 1. The lowest BCUT2D eigenvalue weighted by Gasteiger charge is -2.10. The van der Waals surface area contributed by atoms with Gasteiger partial charge in [-0.2, -0.15) is 0 Å². The van der Waals surface area contributed by atoms with E-state index in [4.69, 9.17) is 11.6 Å². The summed E-state index contributed by atoms with van der Waals surface area (Å²) in [5.74, 6) is -0.387. The second-order valence-electron chi connectivity index (χ2n) is 5.71. The number of carbonyl (C=O) groups excluding carboxylic acids is 1. The fourth-order valence-corrected chi connectivity index (χ4v) is 2.73. The Balaban J connectivity index is 1.98. The van der Waals surface area contributed by atoms with Crippen LogP contribution in [-0.2, 0) is 4.79 Å². The lowest BCUT2D eigenvalue weighted by Crippen LogP contribution is -2.13. The molecule has 0 spiro atoms. The van der Waals surface area contributed by atoms with Gasteiger partial charge in [0.05, 0.1) is 4.92 Å². The molecule has 0 saturated heterocycles. The Hall–Kier alpha value is -3.44. The highest BCUT2D eigenvalue weighted by Gasteiger charge is 2.15. The molecule has 0 fully saturated rings. The van der Waals surface area contributed by atoms with Crippen LogP contribution in [0.4, 0.5) is 11.4 Å². The first kappa shape index (κ1) is 18.4. The zero-order valence-electron chi connectivity index (χ0n) is 14.1. The molecular formula is C21H15ClN2O3. The number of nitro benzene ring substituents is 1. The fourth-order valence-electron chi connectivity index (χ4n) is 2.54. The van der Waals surface area contributed by atoms with E-state index in [-0.39, 0.29) is 11.6 Å². The molecule has 0 aliphatic rings. The van der Waals surface area contributed by atoms with Crippen LogP contribution in [0.25, 0.3) is 11.6 Å². The monoisotopic (exact) mass is 378 g/mol. The number of nitrogens with zero attached hydrogens (tertiary/aromatic N) is 1. The van der Waals surface area contributed by atoms with Gasteiger partial charge in [-0.05, 0) is 29.3 Å². The first-order valence-corrected chi connectivity index (χ1v) is 8.50. The highest BCUT2D eigenvalue weighted by molar-refractivity contribution is 6.34. The highest BCUT2D eigenvalue weighted by atomic mass is 35.5. The third kappa shape index (κ3) is 4.59. The highest BCUT2D eigenvalue weighted by Crippen LogP contribution is 2.25. The van der Waals surface area contributed by atoms with Crippen molar-refractivity contribution in [3.63, 3.8) is 0 Å². The Morgan fingerprint density at radius 2 is 1.67 bits per heavy atom. The van der Waals surface area contributed by atoms with Crippen molar-refractivity contribution in [3.05, 3.63) is 105 Å². The summed E-state index contributed by atoms with van der Waals surface area (Å²) in [5, 5.41) is 14.2. The second-order valence-corrected chi connectivity index (χ2v) is 6.11. The summed E-state index contributed by atoms with van der Waals surface area (Å²) in [4.78, 5) is 23.4. The lowest BCUT2D eigenvalue weighted by molar-refractivity contribution is -0.384. The van der Waals surface area contributed by atoms with Crippen molar-refractivity contribution in [1.29, 1.82) is 0 Å². The fraction of sp³-hybridized carbons (Fsp3) is 0. The van der Waals surface area contributed by atoms with Crippen molar-refractivity contribution in [1.82, 2.24) is 0 Å². The van der Waals surface area contributed by atoms with Gasteiger partial charge in [0.25, 0.3) is 11.6 Å². The number of rotatable bonds is 5. The van der Waals surface area contributed by atoms with Gasteiger partial charge in [0.2, 0.25) is 0 Å². The number of amides is 1. The van der Waals surface area contributed by atoms with Crippen LogP contribution < -0.4 is 5.32 Å². The Morgan fingerprint density at radius 3 is 2.37 bits per heavy atom. The quantitative estimate of drug-likeness (QED) is 0.278. The predicted octanol–water partition coefficient (Wildman–Crippen LogP) is 5.43. The SMILES string of the molecule is O=C(Nc1cccc([N+](=O)[O-])c1)/C(=C\c1ccccc1Cl)c1ccccc1. The molecule has 134 valence electrons. The second kappa shape index (κ2) is 8.29. The Bertz CT molecular complexity index is 1020. The molecule has 0 aliphatic carbocycles. The van der Waals surface area contributed by atoms with Gasteiger partial charge in [-0.25, -0.2) is 0 Å². The molecule has 3 aromatic carbocycles. The smallest absolute Gasteiger partial charge is 0.271 e. The molecule has 1 amide bonds. The normalized spacial score (nSPS) is 11.1. The van der Waals surface area contributed by atoms with Crippen molar-refractivity contribution in [2.24, 2.45) is 0 Å². The van der Waals surface area contributed by atoms with Crippen LogP contribution in [0, 0.1) is 10.1 Å². The minimum atomic E-state index is -0.507. The molecule has 0 bridgehead atoms. The number of benzene rings is 3. The zero-order valence-corrected chi connectivity index (χ0v) is 14.9. The van der Waals surface area contributed by atoms with Crippen LogP contribution in [0.15, 0.2) is 78.9 Å². The summed E-state index contributed by atoms with van der Waals surface area (Å²) in [6, 6.07) is 22.2. The first-order chi connectivity index (χ1) is 13.0. The average molecular weight is 379 g/mol. The number of hydrogen-bond donors (Lipinski definition) is 1. The molecule has 0 unspecified atom stereocenters. The maximum Gasteiger partial charge on any atom is 0.271 e. The maximum absolute atomic E-state index is 12.9. The number of halogens is 1. The van der Waals surface area contributed by atoms with E-state index >= 15 is 0 Å². The summed E-state index contributed by atoms with van der Waals surface area (Å²) in [6.45, 7) is 0. The largest absolute Gasteiger partial charge is 0.322 e. The van der Waals surface area contributed by atoms with E-state index in [0.29, 0.717) is 27.4 Å². The van der Waals surface area contributed by atoms with Crippen molar-refractivity contribution >= 4 is 40.5 Å². The maximum atomic E-state index is 12.9. The van der Waals surface area contributed by atoms with Crippen molar-refractivity contribution in [3.8, 4) is 0 Å². The van der Waals surface area contributed by atoms with E-state index in [0.717, 1.165) is 0 Å². The summed E-state index contributed by atoms with van der Waals surface area (Å²) in [6.07, 6.45) is 1.70. The third-order valence-electron chi connectivity index (χ3n) is 3.85. The van der Waals surface area contributed by atoms with Crippen LogP contribution in [0.5, 0.6) is 0 Å². The molecular weight excluding hydrogens is 364 g/mol. The van der Waals surface area contributed by atoms with Gasteiger partial charge in [0.1, 0.15) is 0 Å². The van der Waals surface area contributed by atoms with Gasteiger partial charge < -0.3 is 5.32 Å². The van der Waals surface area contributed by atoms with Gasteiger partial charge in [-0.1, -0.05) is 66.2 Å². The summed E-state index contributed by atoms with van der Waals surface area (Å²) in [7, 11) is 0. The lowest BCUT2D eigenvalue weighted by atomic mass is 10.0. The molecule has 3 aromatic rings. The van der Waals surface area contributed by atoms with Crippen LogP contribution in [0.3, 0.4) is 0 Å². The first-order valence-electron chi connectivity index (χ1n) is 8.12. The van der Waals surface area contributed by atoms with Crippen LogP contribution in [0.1, 0.15) is 11.1 Å². The minimum Gasteiger partial charge on any atom is -0.322 e. The van der Waals surface area contributed by atoms with Crippen LogP contribution in [-0.4, -0.2) is 10.8 Å². The van der Waals surface area contributed by atoms with Crippen molar-refractivity contribution < 1.29 is 9.72 Å². The van der Waals surface area contributed by atoms with E-state index in [2.05, 4.69) is 5.32 Å². The van der Waals surface area contributed by atoms with Gasteiger partial charge in [0, 0.05) is 28.4 Å². The molecule has 3 rings (SSSR count). The summed E-state index contributed by atoms with van der Waals surface area (Å²) in [5.41, 5.74) is 2.06. The molecule has 0 heterocycles. The molecule has 5 nitrogen and oxygen atoms in total. The van der Waals surface area contributed by atoms with Gasteiger partial charge in [-0.15, -0.1) is 0 Å². The van der Waals surface area contributed by atoms with Crippen LogP contribution in [0.2, 0.25) is 5.02 Å². The minimum absolute atomic E-state index is 0.0934. The molecule has 0 atom stereocenters. The molecule has 0 saturated carbocycles. The van der Waals surface area contributed by atoms with Gasteiger partial charge >= 0.3 is 0 Å². The Kier molecular flexibility index (Phi) is 5.64. The van der Waals surface area contributed by atoms with E-state index in [1.807, 2.05) is 48.5 Å². The van der Waals surface area contributed by atoms with Crippen molar-refractivity contribution in [2.45, 2.75) is 0 Å². The van der Waals surface area contributed by atoms with E-state index in [1.165, 1.54) is 18.2 Å². The topological polar surface area (TPSA) is 72.2 Å². The summed E-state index contributed by atoms with van der Waals surface area (Å²) < 4.78 is 0. The molecule has 0 aromatic heterocycles. The molecule has 0 radical (unpaired) electrons. The number of nitro groups is 1. The number of hydrogen-bond acceptors (Lipinski definition) is 3. The van der Waals surface area contributed by atoms with Crippen molar-refractivity contribution in [2.75, 3.05) is 5.32 Å². The number of carbonyl (C=O) groups is 1. The van der Waals surface area contributed by atoms with E-state index < -0.39 is 4.92 Å². The molecule has 0 aliphatic heterocycles. The molecule has 27 heavy (non-hydrogen) atoms. The molecule has 1 N–H and O–H groups in total. The van der Waals surface area contributed by atoms with E-state index in [1.54, 1.807) is 18.2 Å². The summed E-state index contributed by atoms with van der Waals surface area (Å²) >= 11 is 6.23. The molecule has 6 heteroatoms. The van der Waals surface area contributed by atoms with Crippen LogP contribution >= 0.6 is 11.6 Å². The average Bonchev–Trinajstić information content (AvgIpc) is 2.68. The standard InChI is InChI=1S/C21H15ClN2O3/c22-20-12-5-4-9-16(20)13-19(15-7-2-1-3-8-15)21(25)23-17-10-6-11-18(14-17)24(26)27/h1-14H,(H,23,25)/b19-13-. The zero-order chi connectivity index (χ0) is 19.2. The predicted molar refractivity (Wildman–Crippen MR) is 107 cm³/mol. The Labute approximate surface area is 161 Å². The van der Waals surface area contributed by atoms with Gasteiger partial charge in [0.15, 0.2) is 0 Å². The Morgan fingerprint density at radius 1 is 0.963 bits per heavy atom. The number of nitrogens with one attached hydrogen (secondary N) is 1. The third-order valence-corrected chi connectivity index (χ3v) is 4.19.